The van der Waals surface area contributed by atoms with Crippen molar-refractivity contribution >= 4 is 39.2 Å². The molecule has 33 heavy (non-hydrogen) atoms. The van der Waals surface area contributed by atoms with Crippen molar-refractivity contribution in [1.29, 1.82) is 5.26 Å². The Kier molecular flexibility index (Phi) is 8.08. The van der Waals surface area contributed by atoms with Crippen molar-refractivity contribution in [2.45, 2.75) is 43.6 Å². The predicted molar refractivity (Wildman–Crippen MR) is 123 cm³/mol. The van der Waals surface area contributed by atoms with Gasteiger partial charge in [0.15, 0.2) is 6.10 Å². The van der Waals surface area contributed by atoms with Crippen LogP contribution in [-0.4, -0.2) is 43.8 Å². The van der Waals surface area contributed by atoms with E-state index in [1.165, 1.54) is 53.7 Å². The van der Waals surface area contributed by atoms with E-state index in [1.807, 2.05) is 6.07 Å². The highest BCUT2D eigenvalue weighted by Crippen LogP contribution is 2.22. The first-order valence-electron chi connectivity index (χ1n) is 10.5. The molecule has 1 amide bonds. The number of anilines is 1. The fourth-order valence-corrected chi connectivity index (χ4v) is 5.14. The van der Waals surface area contributed by atoms with E-state index in [-0.39, 0.29) is 21.0 Å². The predicted octanol–water partition coefficient (Wildman–Crippen LogP) is 3.96. The molecule has 1 heterocycles. The maximum atomic E-state index is 12.9. The van der Waals surface area contributed by atoms with Gasteiger partial charge in [-0.15, -0.1) is 0 Å². The van der Waals surface area contributed by atoms with E-state index in [9.17, 15) is 18.0 Å². The van der Waals surface area contributed by atoms with Gasteiger partial charge >= 0.3 is 5.97 Å². The lowest BCUT2D eigenvalue weighted by Gasteiger charge is -2.20. The molecule has 1 fully saturated rings. The van der Waals surface area contributed by atoms with Gasteiger partial charge in [-0.3, -0.25) is 4.79 Å². The molecule has 2 aromatic carbocycles. The number of sulfonamides is 1. The molecule has 0 saturated carbocycles. The molecule has 1 saturated heterocycles. The zero-order valence-electron chi connectivity index (χ0n) is 18.1. The third-order valence-corrected chi connectivity index (χ3v) is 7.53. The average Bonchev–Trinajstić information content (AvgIpc) is 3.09. The second kappa shape index (κ2) is 10.8. The molecule has 1 aliphatic heterocycles. The number of rotatable bonds is 6. The highest BCUT2D eigenvalue weighted by Gasteiger charge is 2.26. The Labute approximate surface area is 198 Å². The first kappa shape index (κ1) is 24.7. The number of amides is 1. The van der Waals surface area contributed by atoms with Crippen molar-refractivity contribution in [1.82, 2.24) is 4.31 Å². The maximum absolute atomic E-state index is 12.9. The molecule has 1 atom stereocenters. The highest BCUT2D eigenvalue weighted by molar-refractivity contribution is 7.89. The molecule has 0 spiro atoms. The number of esters is 1. The largest absolute Gasteiger partial charge is 0.449 e. The molecule has 3 rings (SSSR count). The topological polar surface area (TPSA) is 117 Å². The van der Waals surface area contributed by atoms with Gasteiger partial charge in [-0.05, 0) is 62.2 Å². The van der Waals surface area contributed by atoms with Crippen molar-refractivity contribution in [3.63, 3.8) is 0 Å². The maximum Gasteiger partial charge on any atom is 0.338 e. The van der Waals surface area contributed by atoms with Gasteiger partial charge in [0.1, 0.15) is 6.07 Å². The summed E-state index contributed by atoms with van der Waals surface area (Å²) in [5.41, 5.74) is 0.760. The Morgan fingerprint density at radius 1 is 1.09 bits per heavy atom. The summed E-state index contributed by atoms with van der Waals surface area (Å²) in [7, 11) is -3.62. The van der Waals surface area contributed by atoms with E-state index in [4.69, 9.17) is 21.6 Å². The van der Waals surface area contributed by atoms with Crippen LogP contribution in [0.4, 0.5) is 5.69 Å². The van der Waals surface area contributed by atoms with Crippen LogP contribution >= 0.6 is 11.6 Å². The molecule has 1 aliphatic rings. The second-order valence-corrected chi connectivity index (χ2v) is 10.0. The zero-order chi connectivity index (χ0) is 24.0. The number of halogens is 1. The Bertz CT molecular complexity index is 1170. The third-order valence-electron chi connectivity index (χ3n) is 5.30. The van der Waals surface area contributed by atoms with Crippen LogP contribution in [0.2, 0.25) is 5.02 Å². The van der Waals surface area contributed by atoms with Crippen LogP contribution in [0.1, 0.15) is 48.5 Å². The monoisotopic (exact) mass is 489 g/mol. The van der Waals surface area contributed by atoms with E-state index in [0.717, 1.165) is 25.7 Å². The van der Waals surface area contributed by atoms with E-state index in [0.29, 0.717) is 18.8 Å². The van der Waals surface area contributed by atoms with Gasteiger partial charge in [-0.2, -0.15) is 9.57 Å². The molecule has 1 N–H and O–H groups in total. The molecule has 174 valence electrons. The lowest BCUT2D eigenvalue weighted by atomic mass is 10.2. The van der Waals surface area contributed by atoms with Gasteiger partial charge in [0.05, 0.1) is 21.0 Å². The van der Waals surface area contributed by atoms with Crippen LogP contribution in [0, 0.1) is 11.3 Å². The molecular weight excluding hydrogens is 466 g/mol. The van der Waals surface area contributed by atoms with Gasteiger partial charge in [0.2, 0.25) is 10.0 Å². The van der Waals surface area contributed by atoms with Crippen LogP contribution in [0.3, 0.4) is 0 Å². The Morgan fingerprint density at radius 3 is 2.30 bits per heavy atom. The molecule has 0 bridgehead atoms. The SMILES string of the molecule is CC(OC(=O)c1ccc(S(=O)(=O)N2CCCCCC2)cc1)C(=O)Nc1ccc(C#N)c(Cl)c1. The van der Waals surface area contributed by atoms with Crippen LogP contribution in [0.5, 0.6) is 0 Å². The summed E-state index contributed by atoms with van der Waals surface area (Å²) in [4.78, 5) is 24.9. The minimum atomic E-state index is -3.62. The summed E-state index contributed by atoms with van der Waals surface area (Å²) in [6, 6.07) is 11.8. The summed E-state index contributed by atoms with van der Waals surface area (Å²) >= 11 is 5.95. The van der Waals surface area contributed by atoms with Crippen LogP contribution in [0.25, 0.3) is 0 Å². The normalized spacial score (nSPS) is 15.7. The number of nitrogens with zero attached hydrogens (tertiary/aromatic N) is 2. The molecule has 10 heteroatoms. The van der Waals surface area contributed by atoms with E-state index < -0.39 is 28.0 Å². The van der Waals surface area contributed by atoms with E-state index >= 15 is 0 Å². The molecule has 8 nitrogen and oxygen atoms in total. The van der Waals surface area contributed by atoms with E-state index in [1.54, 1.807) is 0 Å². The molecular formula is C23H24ClN3O5S. The molecule has 1 unspecified atom stereocenters. The smallest absolute Gasteiger partial charge is 0.338 e. The summed E-state index contributed by atoms with van der Waals surface area (Å²) in [6.45, 7) is 2.39. The van der Waals surface area contributed by atoms with Crippen molar-refractivity contribution < 1.29 is 22.7 Å². The van der Waals surface area contributed by atoms with Gasteiger partial charge in [-0.1, -0.05) is 24.4 Å². The number of ether oxygens (including phenoxy) is 1. The fourth-order valence-electron chi connectivity index (χ4n) is 3.40. The van der Waals surface area contributed by atoms with Gasteiger partial charge in [-0.25, -0.2) is 13.2 Å². The van der Waals surface area contributed by atoms with Crippen molar-refractivity contribution in [2.75, 3.05) is 18.4 Å². The van der Waals surface area contributed by atoms with Gasteiger partial charge < -0.3 is 10.1 Å². The molecule has 2 aromatic rings. The number of nitriles is 1. The van der Waals surface area contributed by atoms with Gasteiger partial charge in [0, 0.05) is 18.8 Å². The van der Waals surface area contributed by atoms with Gasteiger partial charge in [0.25, 0.3) is 5.91 Å². The van der Waals surface area contributed by atoms with Crippen molar-refractivity contribution in [3.8, 4) is 6.07 Å². The second-order valence-electron chi connectivity index (χ2n) is 7.69. The third kappa shape index (κ3) is 6.11. The molecule has 0 aromatic heterocycles. The Morgan fingerprint density at radius 2 is 1.73 bits per heavy atom. The van der Waals surface area contributed by atoms with E-state index in [2.05, 4.69) is 5.32 Å². The Hall–Kier alpha value is -2.93. The quantitative estimate of drug-likeness (QED) is 0.614. The highest BCUT2D eigenvalue weighted by atomic mass is 35.5. The molecule has 0 radical (unpaired) electrons. The fraction of sp³-hybridized carbons (Fsp3) is 0.348. The summed E-state index contributed by atoms with van der Waals surface area (Å²) in [5, 5.41) is 11.7. The first-order chi connectivity index (χ1) is 15.7. The number of nitrogens with one attached hydrogen (secondary N) is 1. The lowest BCUT2D eigenvalue weighted by molar-refractivity contribution is -0.123. The Balaban J connectivity index is 1.62. The first-order valence-corrected chi connectivity index (χ1v) is 12.4. The number of benzene rings is 2. The minimum absolute atomic E-state index is 0.115. The van der Waals surface area contributed by atoms with Crippen molar-refractivity contribution in [2.24, 2.45) is 0 Å². The summed E-state index contributed by atoms with van der Waals surface area (Å²) < 4.78 is 32.4. The zero-order valence-corrected chi connectivity index (χ0v) is 19.7. The number of carbonyl (C=O) groups excluding carboxylic acids is 2. The number of carbonyl (C=O) groups is 2. The summed E-state index contributed by atoms with van der Waals surface area (Å²) in [5.74, 6) is -1.33. The molecule has 0 aliphatic carbocycles. The summed E-state index contributed by atoms with van der Waals surface area (Å²) in [6.07, 6.45) is 2.57. The average molecular weight is 490 g/mol. The van der Waals surface area contributed by atoms with Crippen LogP contribution in [0.15, 0.2) is 47.4 Å². The van der Waals surface area contributed by atoms with Crippen LogP contribution in [-0.2, 0) is 19.6 Å². The van der Waals surface area contributed by atoms with Crippen molar-refractivity contribution in [3.05, 3.63) is 58.6 Å². The lowest BCUT2D eigenvalue weighted by Crippen LogP contribution is -2.32. The standard InChI is InChI=1S/C23H24ClN3O5S/c1-16(22(28)26-19-9-6-18(15-25)21(24)14-19)32-23(29)17-7-10-20(11-8-17)33(30,31)27-12-4-2-3-5-13-27/h6-11,14,16H,2-5,12-13H2,1H3,(H,26,28). The minimum Gasteiger partial charge on any atom is -0.449 e. The number of hydrogen-bond donors (Lipinski definition) is 1. The van der Waals surface area contributed by atoms with Crippen LogP contribution < -0.4 is 5.32 Å². The number of hydrogen-bond acceptors (Lipinski definition) is 6.